The monoisotopic (exact) mass is 323 g/mol. The van der Waals surface area contributed by atoms with Gasteiger partial charge in [0.25, 0.3) is 0 Å². The van der Waals surface area contributed by atoms with Crippen molar-refractivity contribution in [2.75, 3.05) is 26.2 Å². The van der Waals surface area contributed by atoms with E-state index in [9.17, 15) is 5.11 Å². The summed E-state index contributed by atoms with van der Waals surface area (Å²) in [6.45, 7) is 9.80. The molecule has 0 amide bonds. The predicted octanol–water partition coefficient (Wildman–Crippen LogP) is 3.07. The molecule has 1 unspecified atom stereocenters. The lowest BCUT2D eigenvalue weighted by Crippen LogP contribution is -2.41. The van der Waals surface area contributed by atoms with Crippen LogP contribution in [0.2, 0.25) is 5.02 Å². The van der Waals surface area contributed by atoms with E-state index in [4.69, 9.17) is 11.6 Å². The molecule has 4 nitrogen and oxygen atoms in total. The van der Waals surface area contributed by atoms with E-state index in [2.05, 4.69) is 36.0 Å². The maximum atomic E-state index is 10.3. The van der Waals surface area contributed by atoms with Crippen LogP contribution in [0.5, 0.6) is 0 Å². The van der Waals surface area contributed by atoms with E-state index >= 15 is 0 Å². The van der Waals surface area contributed by atoms with Crippen LogP contribution in [0.3, 0.4) is 0 Å². The van der Waals surface area contributed by atoms with E-state index in [0.717, 1.165) is 37.6 Å². The molecule has 122 valence electrons. The molecule has 1 aromatic rings. The number of benzene rings is 1. The first-order chi connectivity index (χ1) is 10.4. The number of rotatable bonds is 4. The van der Waals surface area contributed by atoms with Crippen LogP contribution in [0.1, 0.15) is 38.9 Å². The average molecular weight is 324 g/mol. The summed E-state index contributed by atoms with van der Waals surface area (Å²) in [7, 11) is 0. The first kappa shape index (κ1) is 17.1. The number of hydrogen-bond donors (Lipinski definition) is 2. The van der Waals surface area contributed by atoms with E-state index in [-0.39, 0.29) is 0 Å². The van der Waals surface area contributed by atoms with E-state index in [0.29, 0.717) is 17.0 Å². The second kappa shape index (κ2) is 7.34. The van der Waals surface area contributed by atoms with Crippen molar-refractivity contribution in [1.29, 1.82) is 0 Å². The van der Waals surface area contributed by atoms with Gasteiger partial charge in [0, 0.05) is 24.7 Å². The van der Waals surface area contributed by atoms with Gasteiger partial charge in [-0.15, -0.1) is 0 Å². The quantitative estimate of drug-likeness (QED) is 0.661. The maximum absolute atomic E-state index is 10.3. The fourth-order valence-corrected chi connectivity index (χ4v) is 2.81. The molecule has 1 aliphatic heterocycles. The smallest absolute Gasteiger partial charge is 0.194 e. The first-order valence-electron chi connectivity index (χ1n) is 7.88. The Labute approximate surface area is 138 Å². The third-order valence-electron chi connectivity index (χ3n) is 3.98. The van der Waals surface area contributed by atoms with Crippen molar-refractivity contribution < 1.29 is 5.11 Å². The molecule has 2 rings (SSSR count). The number of nitrogens with one attached hydrogen (secondary N) is 1. The highest BCUT2D eigenvalue weighted by Crippen LogP contribution is 2.28. The first-order valence-corrected chi connectivity index (χ1v) is 8.26. The van der Waals surface area contributed by atoms with Crippen molar-refractivity contribution in [2.24, 2.45) is 10.4 Å². The minimum Gasteiger partial charge on any atom is -0.386 e. The molecule has 0 aliphatic carbocycles. The van der Waals surface area contributed by atoms with Gasteiger partial charge in [-0.25, -0.2) is 0 Å². The van der Waals surface area contributed by atoms with Crippen LogP contribution in [0.15, 0.2) is 29.3 Å². The summed E-state index contributed by atoms with van der Waals surface area (Å²) < 4.78 is 0. The van der Waals surface area contributed by atoms with Gasteiger partial charge in [0.15, 0.2) is 5.96 Å². The molecule has 0 saturated carbocycles. The molecule has 1 atom stereocenters. The van der Waals surface area contributed by atoms with E-state index < -0.39 is 6.10 Å². The lowest BCUT2D eigenvalue weighted by atomic mass is 9.93. The van der Waals surface area contributed by atoms with Crippen LogP contribution in [0, 0.1) is 5.41 Å². The third-order valence-corrected chi connectivity index (χ3v) is 4.23. The molecule has 0 bridgehead atoms. The second-order valence-electron chi connectivity index (χ2n) is 6.60. The van der Waals surface area contributed by atoms with Crippen molar-refractivity contribution in [3.63, 3.8) is 0 Å². The summed E-state index contributed by atoms with van der Waals surface area (Å²) in [5.41, 5.74) is 1.16. The zero-order valence-electron chi connectivity index (χ0n) is 13.6. The van der Waals surface area contributed by atoms with E-state index in [1.165, 1.54) is 0 Å². The molecule has 0 aromatic heterocycles. The Morgan fingerprint density at radius 2 is 2.09 bits per heavy atom. The summed E-state index contributed by atoms with van der Waals surface area (Å²) in [5, 5.41) is 14.3. The van der Waals surface area contributed by atoms with Crippen LogP contribution < -0.4 is 5.32 Å². The van der Waals surface area contributed by atoms with Crippen molar-refractivity contribution in [3.8, 4) is 0 Å². The van der Waals surface area contributed by atoms with Gasteiger partial charge in [-0.2, -0.15) is 0 Å². The van der Waals surface area contributed by atoms with Gasteiger partial charge in [-0.05, 0) is 36.5 Å². The average Bonchev–Trinajstić information content (AvgIpc) is 2.84. The molecule has 22 heavy (non-hydrogen) atoms. The van der Waals surface area contributed by atoms with Gasteiger partial charge in [0.1, 0.15) is 0 Å². The Bertz CT molecular complexity index is 513. The lowest BCUT2D eigenvalue weighted by Gasteiger charge is -2.24. The van der Waals surface area contributed by atoms with Crippen molar-refractivity contribution in [2.45, 2.75) is 33.3 Å². The number of aliphatic hydroxyl groups is 1. The third kappa shape index (κ3) is 4.62. The van der Waals surface area contributed by atoms with Gasteiger partial charge in [0.05, 0.1) is 12.6 Å². The topological polar surface area (TPSA) is 47.9 Å². The molecule has 1 heterocycles. The van der Waals surface area contributed by atoms with Crippen molar-refractivity contribution in [3.05, 3.63) is 34.9 Å². The largest absolute Gasteiger partial charge is 0.386 e. The zero-order chi connectivity index (χ0) is 16.2. The molecule has 0 spiro atoms. The Hall–Kier alpha value is -1.26. The molecule has 2 N–H and O–H groups in total. The van der Waals surface area contributed by atoms with Crippen molar-refractivity contribution in [1.82, 2.24) is 10.2 Å². The maximum Gasteiger partial charge on any atom is 0.194 e. The van der Waals surface area contributed by atoms with Crippen LogP contribution >= 0.6 is 11.6 Å². The highest BCUT2D eigenvalue weighted by Gasteiger charge is 2.30. The lowest BCUT2D eigenvalue weighted by molar-refractivity contribution is 0.186. The molecule has 1 fully saturated rings. The van der Waals surface area contributed by atoms with E-state index in [1.54, 1.807) is 12.1 Å². The molecular formula is C17H26ClN3O. The van der Waals surface area contributed by atoms with Gasteiger partial charge in [0.2, 0.25) is 0 Å². The molecule has 1 aliphatic rings. The summed E-state index contributed by atoms with van der Waals surface area (Å²) in [6, 6.07) is 7.26. The minimum absolute atomic E-state index is 0.324. The van der Waals surface area contributed by atoms with Crippen LogP contribution in [0.25, 0.3) is 0 Å². The molecule has 5 heteroatoms. The summed E-state index contributed by atoms with van der Waals surface area (Å²) >= 11 is 5.87. The Morgan fingerprint density at radius 3 is 2.64 bits per heavy atom. The number of hydrogen-bond acceptors (Lipinski definition) is 2. The van der Waals surface area contributed by atoms with Crippen LogP contribution in [-0.2, 0) is 0 Å². The predicted molar refractivity (Wildman–Crippen MR) is 92.4 cm³/mol. The molecule has 0 radical (unpaired) electrons. The van der Waals surface area contributed by atoms with E-state index in [1.807, 2.05) is 12.1 Å². The zero-order valence-corrected chi connectivity index (χ0v) is 14.4. The fraction of sp³-hybridized carbons (Fsp3) is 0.588. The normalized spacial score (nSPS) is 19.3. The fourth-order valence-electron chi connectivity index (χ4n) is 2.68. The second-order valence-corrected chi connectivity index (χ2v) is 7.03. The highest BCUT2D eigenvalue weighted by atomic mass is 35.5. The Kier molecular flexibility index (Phi) is 5.70. The minimum atomic E-state index is -0.610. The number of aliphatic hydroxyl groups excluding tert-OH is 1. The summed E-state index contributed by atoms with van der Waals surface area (Å²) in [5.74, 6) is 0.890. The molecule has 1 saturated heterocycles. The number of aliphatic imine (C=N–C) groups is 1. The number of halogens is 1. The van der Waals surface area contributed by atoms with Gasteiger partial charge >= 0.3 is 0 Å². The van der Waals surface area contributed by atoms with Crippen molar-refractivity contribution >= 4 is 17.6 Å². The standard InChI is InChI=1S/C17H26ClN3O/c1-4-19-16(21-10-9-17(2,3)12-21)20-11-15(22)13-5-7-14(18)8-6-13/h5-8,15,22H,4,9-12H2,1-3H3,(H,19,20). The van der Waals surface area contributed by atoms with Crippen LogP contribution in [0.4, 0.5) is 0 Å². The molecular weight excluding hydrogens is 298 g/mol. The number of guanidine groups is 1. The Balaban J connectivity index is 2.02. The summed E-state index contributed by atoms with van der Waals surface area (Å²) in [4.78, 5) is 6.88. The summed E-state index contributed by atoms with van der Waals surface area (Å²) in [6.07, 6.45) is 0.554. The highest BCUT2D eigenvalue weighted by molar-refractivity contribution is 6.30. The number of likely N-dealkylation sites (tertiary alicyclic amines) is 1. The van der Waals surface area contributed by atoms with Crippen LogP contribution in [-0.4, -0.2) is 42.1 Å². The van der Waals surface area contributed by atoms with Gasteiger partial charge in [-0.1, -0.05) is 37.6 Å². The number of nitrogens with zero attached hydrogens (tertiary/aromatic N) is 2. The van der Waals surface area contributed by atoms with Gasteiger partial charge in [-0.3, -0.25) is 4.99 Å². The van der Waals surface area contributed by atoms with Gasteiger partial charge < -0.3 is 15.3 Å². The molecule has 1 aromatic carbocycles. The Morgan fingerprint density at radius 1 is 1.41 bits per heavy atom. The SMILES string of the molecule is CCNC(=NCC(O)c1ccc(Cl)cc1)N1CCC(C)(C)C1.